The fourth-order valence-electron chi connectivity index (χ4n) is 1.19. The lowest BCUT2D eigenvalue weighted by molar-refractivity contribution is -0.151. The Morgan fingerprint density at radius 2 is 1.88 bits per heavy atom. The van der Waals surface area contributed by atoms with Gasteiger partial charge in [-0.3, -0.25) is 9.59 Å². The van der Waals surface area contributed by atoms with Crippen molar-refractivity contribution < 1.29 is 19.1 Å². The van der Waals surface area contributed by atoms with Crippen molar-refractivity contribution in [1.82, 2.24) is 0 Å². The lowest BCUT2D eigenvalue weighted by Gasteiger charge is -2.10. The summed E-state index contributed by atoms with van der Waals surface area (Å²) in [5.74, 6) is -0.961. The summed E-state index contributed by atoms with van der Waals surface area (Å²) in [4.78, 5) is 22.9. The van der Waals surface area contributed by atoms with E-state index in [-0.39, 0.29) is 19.0 Å². The number of para-hydroxylation sites is 1. The molecule has 92 valence electrons. The quantitative estimate of drug-likeness (QED) is 0.558. The second kappa shape index (κ2) is 6.68. The number of ketones is 1. The minimum Gasteiger partial charge on any atom is -0.486 e. The zero-order valence-corrected chi connectivity index (χ0v) is 10.0. The molecule has 1 atom stereocenters. The Bertz CT molecular complexity index is 372. The van der Waals surface area contributed by atoms with E-state index in [4.69, 9.17) is 9.47 Å². The Morgan fingerprint density at radius 3 is 2.47 bits per heavy atom. The van der Waals surface area contributed by atoms with Crippen LogP contribution in [-0.2, 0) is 14.3 Å². The summed E-state index contributed by atoms with van der Waals surface area (Å²) in [5.41, 5.74) is 0. The molecule has 0 aromatic heterocycles. The largest absolute Gasteiger partial charge is 0.486 e. The van der Waals surface area contributed by atoms with E-state index in [0.717, 1.165) is 0 Å². The molecule has 0 aliphatic heterocycles. The molecule has 0 fully saturated rings. The van der Waals surface area contributed by atoms with Crippen LogP contribution in [0.1, 0.15) is 13.8 Å². The molecule has 1 unspecified atom stereocenters. The van der Waals surface area contributed by atoms with Gasteiger partial charge in [-0.2, -0.15) is 0 Å². The molecule has 1 aromatic carbocycles. The standard InChI is InChI=1S/C13H16O4/c1-3-16-13(15)10(2)12(14)9-17-11-7-5-4-6-8-11/h4-8,10H,3,9H2,1-2H3. The first-order chi connectivity index (χ1) is 8.15. The van der Waals surface area contributed by atoms with Crippen LogP contribution in [0, 0.1) is 5.92 Å². The SMILES string of the molecule is CCOC(=O)C(C)C(=O)COc1ccccc1. The molecule has 17 heavy (non-hydrogen) atoms. The molecule has 0 amide bonds. The molecule has 0 aliphatic rings. The Labute approximate surface area is 101 Å². The lowest BCUT2D eigenvalue weighted by Crippen LogP contribution is -2.27. The predicted octanol–water partition coefficient (Wildman–Crippen LogP) is 1.83. The van der Waals surface area contributed by atoms with Gasteiger partial charge in [-0.1, -0.05) is 18.2 Å². The van der Waals surface area contributed by atoms with E-state index in [2.05, 4.69) is 0 Å². The molecule has 0 bridgehead atoms. The van der Waals surface area contributed by atoms with Gasteiger partial charge in [-0.25, -0.2) is 0 Å². The minimum atomic E-state index is -0.779. The van der Waals surface area contributed by atoms with E-state index in [1.165, 1.54) is 6.92 Å². The minimum absolute atomic E-state index is 0.121. The third-order valence-corrected chi connectivity index (χ3v) is 2.25. The monoisotopic (exact) mass is 236 g/mol. The van der Waals surface area contributed by atoms with Crippen LogP contribution < -0.4 is 4.74 Å². The first kappa shape index (κ1) is 13.2. The number of esters is 1. The second-order valence-electron chi connectivity index (χ2n) is 3.54. The molecule has 0 spiro atoms. The maximum atomic E-state index is 11.6. The predicted molar refractivity (Wildman–Crippen MR) is 62.7 cm³/mol. The summed E-state index contributed by atoms with van der Waals surface area (Å²) < 4.78 is 10.0. The number of Topliss-reactive ketones (excluding diaryl/α,β-unsaturated/α-hetero) is 1. The van der Waals surface area contributed by atoms with Crippen LogP contribution in [0.25, 0.3) is 0 Å². The van der Waals surface area contributed by atoms with Crippen molar-refractivity contribution in [3.63, 3.8) is 0 Å². The van der Waals surface area contributed by atoms with Crippen molar-refractivity contribution in [1.29, 1.82) is 0 Å². The Morgan fingerprint density at radius 1 is 1.24 bits per heavy atom. The van der Waals surface area contributed by atoms with Crippen LogP contribution in [0.15, 0.2) is 30.3 Å². The fraction of sp³-hybridized carbons (Fsp3) is 0.385. The van der Waals surface area contributed by atoms with Gasteiger partial charge in [0.2, 0.25) is 0 Å². The van der Waals surface area contributed by atoms with E-state index >= 15 is 0 Å². The summed E-state index contributed by atoms with van der Waals surface area (Å²) in [7, 11) is 0. The maximum Gasteiger partial charge on any atom is 0.316 e. The summed E-state index contributed by atoms with van der Waals surface area (Å²) in [6.07, 6.45) is 0. The summed E-state index contributed by atoms with van der Waals surface area (Å²) >= 11 is 0. The van der Waals surface area contributed by atoms with Gasteiger partial charge in [0.1, 0.15) is 18.3 Å². The van der Waals surface area contributed by atoms with Gasteiger partial charge in [0.25, 0.3) is 0 Å². The number of hydrogen-bond donors (Lipinski definition) is 0. The van der Waals surface area contributed by atoms with Crippen molar-refractivity contribution >= 4 is 11.8 Å². The molecule has 0 heterocycles. The third-order valence-electron chi connectivity index (χ3n) is 2.25. The number of ether oxygens (including phenoxy) is 2. The maximum absolute atomic E-state index is 11.6. The van der Waals surface area contributed by atoms with Crippen molar-refractivity contribution in [2.75, 3.05) is 13.2 Å². The van der Waals surface area contributed by atoms with E-state index in [9.17, 15) is 9.59 Å². The zero-order chi connectivity index (χ0) is 12.7. The smallest absolute Gasteiger partial charge is 0.316 e. The molecular formula is C13H16O4. The molecular weight excluding hydrogens is 220 g/mol. The van der Waals surface area contributed by atoms with Crippen molar-refractivity contribution in [2.45, 2.75) is 13.8 Å². The highest BCUT2D eigenvalue weighted by Gasteiger charge is 2.22. The average Bonchev–Trinajstić information content (AvgIpc) is 2.36. The van der Waals surface area contributed by atoms with Crippen LogP contribution in [-0.4, -0.2) is 25.0 Å². The van der Waals surface area contributed by atoms with Gasteiger partial charge in [0.05, 0.1) is 6.61 Å². The van der Waals surface area contributed by atoms with Gasteiger partial charge in [0.15, 0.2) is 5.78 Å². The van der Waals surface area contributed by atoms with Gasteiger partial charge in [-0.15, -0.1) is 0 Å². The van der Waals surface area contributed by atoms with Crippen molar-refractivity contribution in [3.05, 3.63) is 30.3 Å². The Balaban J connectivity index is 2.42. The van der Waals surface area contributed by atoms with E-state index < -0.39 is 11.9 Å². The van der Waals surface area contributed by atoms with Crippen molar-refractivity contribution in [2.24, 2.45) is 5.92 Å². The molecule has 1 rings (SSSR count). The molecule has 0 saturated heterocycles. The molecule has 4 heteroatoms. The highest BCUT2D eigenvalue weighted by atomic mass is 16.5. The zero-order valence-electron chi connectivity index (χ0n) is 10.0. The molecule has 1 aromatic rings. The first-order valence-corrected chi connectivity index (χ1v) is 5.52. The lowest BCUT2D eigenvalue weighted by atomic mass is 10.1. The Hall–Kier alpha value is -1.84. The highest BCUT2D eigenvalue weighted by molar-refractivity contribution is 5.99. The summed E-state index contributed by atoms with van der Waals surface area (Å²) in [6, 6.07) is 8.99. The first-order valence-electron chi connectivity index (χ1n) is 5.52. The normalized spacial score (nSPS) is 11.6. The molecule has 0 aliphatic carbocycles. The number of hydrogen-bond acceptors (Lipinski definition) is 4. The van der Waals surface area contributed by atoms with Crippen molar-refractivity contribution in [3.8, 4) is 5.75 Å². The van der Waals surface area contributed by atoms with Gasteiger partial charge < -0.3 is 9.47 Å². The fourth-order valence-corrected chi connectivity index (χ4v) is 1.19. The summed E-state index contributed by atoms with van der Waals surface area (Å²) in [5, 5.41) is 0. The van der Waals surface area contributed by atoms with Crippen LogP contribution in [0.5, 0.6) is 5.75 Å². The average molecular weight is 236 g/mol. The number of rotatable bonds is 6. The summed E-state index contributed by atoms with van der Waals surface area (Å²) in [6.45, 7) is 3.38. The topological polar surface area (TPSA) is 52.6 Å². The van der Waals surface area contributed by atoms with Gasteiger partial charge in [-0.05, 0) is 26.0 Å². The van der Waals surface area contributed by atoms with E-state index in [1.807, 2.05) is 18.2 Å². The van der Waals surface area contributed by atoms with E-state index in [1.54, 1.807) is 19.1 Å². The van der Waals surface area contributed by atoms with Gasteiger partial charge >= 0.3 is 5.97 Å². The number of carbonyl (C=O) groups is 2. The number of carbonyl (C=O) groups excluding carboxylic acids is 2. The van der Waals surface area contributed by atoms with Crippen LogP contribution in [0.4, 0.5) is 0 Å². The highest BCUT2D eigenvalue weighted by Crippen LogP contribution is 2.09. The second-order valence-corrected chi connectivity index (χ2v) is 3.54. The van der Waals surface area contributed by atoms with E-state index in [0.29, 0.717) is 5.75 Å². The van der Waals surface area contributed by atoms with Crippen LogP contribution in [0.2, 0.25) is 0 Å². The Kier molecular flexibility index (Phi) is 5.20. The van der Waals surface area contributed by atoms with Gasteiger partial charge in [0, 0.05) is 0 Å². The molecule has 0 radical (unpaired) electrons. The molecule has 0 saturated carbocycles. The third kappa shape index (κ3) is 4.26. The molecule has 4 nitrogen and oxygen atoms in total. The number of benzene rings is 1. The molecule has 0 N–H and O–H groups in total. The van der Waals surface area contributed by atoms with Crippen LogP contribution in [0.3, 0.4) is 0 Å². The van der Waals surface area contributed by atoms with Crippen LogP contribution >= 0.6 is 0 Å².